The number of carbonyl (C=O) groups is 1. The molecule has 7 nitrogen and oxygen atoms in total. The van der Waals surface area contributed by atoms with E-state index < -0.39 is 12.0 Å². The maximum Gasteiger partial charge on any atom is 0.305 e. The molecule has 0 fully saturated rings. The predicted molar refractivity (Wildman–Crippen MR) is 61.2 cm³/mol. The van der Waals surface area contributed by atoms with Gasteiger partial charge in [0.05, 0.1) is 19.6 Å². The van der Waals surface area contributed by atoms with Crippen LogP contribution in [0.3, 0.4) is 0 Å². The average molecular weight is 284 g/mol. The number of aromatic nitrogens is 4. The van der Waals surface area contributed by atoms with Crippen LogP contribution in [0.1, 0.15) is 18.0 Å². The topological polar surface area (TPSA) is 90.1 Å². The molecule has 1 unspecified atom stereocenters. The summed E-state index contributed by atoms with van der Waals surface area (Å²) in [7, 11) is 1.57. The van der Waals surface area contributed by atoms with Crippen LogP contribution in [0.15, 0.2) is 30.6 Å². The number of tetrazole rings is 1. The number of halogens is 1. The van der Waals surface area contributed by atoms with Gasteiger partial charge in [0.15, 0.2) is 0 Å². The van der Waals surface area contributed by atoms with Gasteiger partial charge in [0.2, 0.25) is 0 Å². The number of nitrogens with zero attached hydrogens (tertiary/aromatic N) is 4. The minimum atomic E-state index is -0.911. The van der Waals surface area contributed by atoms with Gasteiger partial charge in [-0.1, -0.05) is 12.1 Å². The fourth-order valence-electron chi connectivity index (χ4n) is 1.67. The number of rotatable bonds is 5. The van der Waals surface area contributed by atoms with E-state index in [1.54, 1.807) is 31.4 Å². The molecule has 2 aromatic rings. The second kappa shape index (κ2) is 6.69. The fraction of sp³-hybridized carbons (Fsp3) is 0.273. The van der Waals surface area contributed by atoms with Crippen molar-refractivity contribution in [2.75, 3.05) is 7.11 Å². The first-order valence-electron chi connectivity index (χ1n) is 5.29. The Bertz CT molecular complexity index is 515. The summed E-state index contributed by atoms with van der Waals surface area (Å²) in [5.41, 5.74) is 0.811. The van der Waals surface area contributed by atoms with Crippen LogP contribution < -0.4 is 17.1 Å². The quantitative estimate of drug-likeness (QED) is 0.667. The van der Waals surface area contributed by atoms with Crippen molar-refractivity contribution in [1.82, 2.24) is 20.2 Å². The zero-order valence-corrected chi connectivity index (χ0v) is 10.9. The van der Waals surface area contributed by atoms with Crippen molar-refractivity contribution in [3.63, 3.8) is 0 Å². The van der Waals surface area contributed by atoms with Gasteiger partial charge < -0.3 is 22.3 Å². The van der Waals surface area contributed by atoms with Crippen molar-refractivity contribution in [2.24, 2.45) is 0 Å². The highest BCUT2D eigenvalue weighted by Crippen LogP contribution is 2.23. The molecule has 0 bridgehead atoms. The van der Waals surface area contributed by atoms with E-state index in [-0.39, 0.29) is 18.8 Å². The standard InChI is InChI=1S/C11H12N4O3.ClH/c1-18-9-4-2-8(3-5-9)10(6-11(16)17)15-7-12-13-14-15;/h2-5,7,10H,6H2,1H3,(H,16,17);1H/p-1. The number of methoxy groups -OCH3 is 1. The lowest BCUT2D eigenvalue weighted by atomic mass is 10.0. The number of benzene rings is 1. The Labute approximate surface area is 115 Å². The Morgan fingerprint density at radius 3 is 2.58 bits per heavy atom. The van der Waals surface area contributed by atoms with E-state index in [1.165, 1.54) is 11.0 Å². The van der Waals surface area contributed by atoms with E-state index in [1.807, 2.05) is 0 Å². The highest BCUT2D eigenvalue weighted by Gasteiger charge is 2.18. The van der Waals surface area contributed by atoms with Crippen LogP contribution in [0.5, 0.6) is 5.75 Å². The van der Waals surface area contributed by atoms with Gasteiger partial charge in [-0.3, -0.25) is 4.79 Å². The first-order valence-corrected chi connectivity index (χ1v) is 5.29. The molecule has 0 aliphatic heterocycles. The summed E-state index contributed by atoms with van der Waals surface area (Å²) in [6.07, 6.45) is 1.31. The molecule has 1 heterocycles. The minimum Gasteiger partial charge on any atom is -1.00 e. The second-order valence-electron chi connectivity index (χ2n) is 3.68. The Balaban J connectivity index is 0.00000180. The molecule has 0 saturated heterocycles. The van der Waals surface area contributed by atoms with Crippen molar-refractivity contribution in [2.45, 2.75) is 12.5 Å². The summed E-state index contributed by atoms with van der Waals surface area (Å²) >= 11 is 0. The highest BCUT2D eigenvalue weighted by molar-refractivity contribution is 5.68. The van der Waals surface area contributed by atoms with Gasteiger partial charge in [-0.05, 0) is 28.1 Å². The molecule has 1 aromatic carbocycles. The second-order valence-corrected chi connectivity index (χ2v) is 3.68. The van der Waals surface area contributed by atoms with Crippen LogP contribution in [0.2, 0.25) is 0 Å². The summed E-state index contributed by atoms with van der Waals surface area (Å²) < 4.78 is 6.48. The Morgan fingerprint density at radius 1 is 1.42 bits per heavy atom. The minimum absolute atomic E-state index is 0. The molecule has 19 heavy (non-hydrogen) atoms. The molecule has 1 N–H and O–H groups in total. The van der Waals surface area contributed by atoms with Gasteiger partial charge in [0.1, 0.15) is 12.1 Å². The molecule has 1 aromatic heterocycles. The molecule has 0 saturated carbocycles. The van der Waals surface area contributed by atoms with Crippen molar-refractivity contribution in [1.29, 1.82) is 0 Å². The third-order valence-corrected chi connectivity index (χ3v) is 2.55. The number of hydrogen-bond donors (Lipinski definition) is 1. The highest BCUT2D eigenvalue weighted by atomic mass is 35.5. The molecular formula is C11H12ClN4O3-. The zero-order chi connectivity index (χ0) is 13.0. The van der Waals surface area contributed by atoms with Crippen LogP contribution in [-0.4, -0.2) is 38.4 Å². The number of hydrogen-bond acceptors (Lipinski definition) is 5. The van der Waals surface area contributed by atoms with E-state index in [0.29, 0.717) is 5.75 Å². The summed E-state index contributed by atoms with van der Waals surface area (Å²) in [5.74, 6) is -0.198. The lowest BCUT2D eigenvalue weighted by molar-refractivity contribution is -0.137. The molecule has 0 spiro atoms. The maximum absolute atomic E-state index is 10.9. The first-order chi connectivity index (χ1) is 8.70. The molecule has 0 aliphatic carbocycles. The van der Waals surface area contributed by atoms with Crippen molar-refractivity contribution in [3.8, 4) is 5.75 Å². The number of carboxylic acids is 1. The smallest absolute Gasteiger partial charge is 0.305 e. The predicted octanol–water partition coefficient (Wildman–Crippen LogP) is -2.25. The maximum atomic E-state index is 10.9. The lowest BCUT2D eigenvalue weighted by Crippen LogP contribution is -3.00. The Morgan fingerprint density at radius 2 is 2.11 bits per heavy atom. The Kier molecular flexibility index (Phi) is 5.25. The zero-order valence-electron chi connectivity index (χ0n) is 10.1. The van der Waals surface area contributed by atoms with E-state index in [2.05, 4.69) is 15.5 Å². The summed E-state index contributed by atoms with van der Waals surface area (Å²) in [6, 6.07) is 6.72. The van der Waals surface area contributed by atoms with Gasteiger partial charge >= 0.3 is 5.97 Å². The van der Waals surface area contributed by atoms with Crippen LogP contribution in [-0.2, 0) is 4.79 Å². The van der Waals surface area contributed by atoms with Gasteiger partial charge in [-0.2, -0.15) is 0 Å². The molecular weight excluding hydrogens is 272 g/mol. The summed E-state index contributed by atoms with van der Waals surface area (Å²) in [5, 5.41) is 19.7. The van der Waals surface area contributed by atoms with Crippen LogP contribution in [0, 0.1) is 0 Å². The summed E-state index contributed by atoms with van der Waals surface area (Å²) in [6.45, 7) is 0. The molecule has 2 rings (SSSR count). The van der Waals surface area contributed by atoms with E-state index >= 15 is 0 Å². The van der Waals surface area contributed by atoms with Crippen LogP contribution in [0.4, 0.5) is 0 Å². The Hall–Kier alpha value is -2.15. The first kappa shape index (κ1) is 14.9. The van der Waals surface area contributed by atoms with E-state index in [4.69, 9.17) is 9.84 Å². The lowest BCUT2D eigenvalue weighted by Gasteiger charge is -2.14. The SMILES string of the molecule is COc1ccc(C(CC(=O)O)n2cnnn2)cc1.[Cl-]. The van der Waals surface area contributed by atoms with Crippen molar-refractivity contribution < 1.29 is 27.0 Å². The number of carboxylic acid groups (broad SMARTS) is 1. The average Bonchev–Trinajstić information content (AvgIpc) is 2.89. The van der Waals surface area contributed by atoms with Crippen molar-refractivity contribution >= 4 is 5.97 Å². The number of aliphatic carboxylic acids is 1. The molecule has 0 amide bonds. The van der Waals surface area contributed by atoms with Gasteiger partial charge in [-0.15, -0.1) is 5.10 Å². The van der Waals surface area contributed by atoms with Crippen LogP contribution >= 0.6 is 0 Å². The van der Waals surface area contributed by atoms with Gasteiger partial charge in [-0.25, -0.2) is 4.68 Å². The largest absolute Gasteiger partial charge is 1.00 e. The third-order valence-electron chi connectivity index (χ3n) is 2.55. The molecule has 0 aliphatic rings. The molecule has 0 radical (unpaired) electrons. The molecule has 1 atom stereocenters. The fourth-order valence-corrected chi connectivity index (χ4v) is 1.67. The monoisotopic (exact) mass is 283 g/mol. The van der Waals surface area contributed by atoms with Gasteiger partial charge in [0, 0.05) is 0 Å². The van der Waals surface area contributed by atoms with Crippen molar-refractivity contribution in [3.05, 3.63) is 36.2 Å². The van der Waals surface area contributed by atoms with Crippen LogP contribution in [0.25, 0.3) is 0 Å². The van der Waals surface area contributed by atoms with Gasteiger partial charge in [0.25, 0.3) is 0 Å². The summed E-state index contributed by atoms with van der Waals surface area (Å²) in [4.78, 5) is 10.9. The van der Waals surface area contributed by atoms with E-state index in [9.17, 15) is 4.79 Å². The van der Waals surface area contributed by atoms with E-state index in [0.717, 1.165) is 5.56 Å². The molecule has 102 valence electrons. The molecule has 8 heteroatoms. The normalized spacial score (nSPS) is 11.4. The number of ether oxygens (including phenoxy) is 1. The third kappa shape index (κ3) is 3.65.